The summed E-state index contributed by atoms with van der Waals surface area (Å²) in [7, 11) is 0. The molecular weight excluding hydrogens is 399 g/mol. The zero-order valence-corrected chi connectivity index (χ0v) is 21.2. The lowest BCUT2D eigenvalue weighted by atomic mass is 10.0. The number of hydrogen-bond acceptors (Lipinski definition) is 3. The van der Waals surface area contributed by atoms with E-state index >= 15 is 0 Å². The van der Waals surface area contributed by atoms with Gasteiger partial charge in [-0.25, -0.2) is 0 Å². The molecule has 0 aromatic carbocycles. The van der Waals surface area contributed by atoms with E-state index in [1.165, 1.54) is 77.0 Å². The van der Waals surface area contributed by atoms with Gasteiger partial charge in [-0.2, -0.15) is 0 Å². The Bertz CT molecular complexity index is 409. The van der Waals surface area contributed by atoms with Crippen molar-refractivity contribution in [2.24, 2.45) is 0 Å². The molecule has 0 aliphatic heterocycles. The maximum Gasteiger partial charge on any atom is 0.183 e. The van der Waals surface area contributed by atoms with Gasteiger partial charge in [-0.3, -0.25) is 4.79 Å². The van der Waals surface area contributed by atoms with E-state index in [0.29, 0.717) is 12.4 Å². The molecular formula is C24H49O3PS. The third-order valence-corrected chi connectivity index (χ3v) is 6.47. The Kier molecular flexibility index (Phi) is 21.6. The van der Waals surface area contributed by atoms with Crippen LogP contribution in [0.25, 0.3) is 0 Å². The second-order valence-corrected chi connectivity index (χ2v) is 12.6. The average molecular weight is 449 g/mol. The Balaban J connectivity index is 3.20. The normalized spacial score (nSPS) is 13.5. The number of carbonyl (C=O) groups is 1. The minimum absolute atomic E-state index is 0.448. The largest absolute Gasteiger partial charge is 0.345 e. The standard InChI is InChI=1S/C24H49O3PS/c1-3-4-5-6-7-8-9-10-11-12-13-15-18-21-24(25)22-19-16-14-17-20-23-27-28(2,26)29/h3-23H2,1-2H3,(H,26,29). The maximum absolute atomic E-state index is 11.9. The van der Waals surface area contributed by atoms with Gasteiger partial charge in [-0.1, -0.05) is 103 Å². The highest BCUT2D eigenvalue weighted by Crippen LogP contribution is 2.37. The Morgan fingerprint density at radius 1 is 0.690 bits per heavy atom. The second kappa shape index (κ2) is 21.5. The topological polar surface area (TPSA) is 46.5 Å². The Hall–Kier alpha value is 0.240. The van der Waals surface area contributed by atoms with Gasteiger partial charge in [-0.05, 0) is 31.1 Å². The highest BCUT2D eigenvalue weighted by atomic mass is 32.5. The van der Waals surface area contributed by atoms with Gasteiger partial charge in [0.2, 0.25) is 0 Å². The summed E-state index contributed by atoms with van der Waals surface area (Å²) in [6.07, 6.45) is 24.4. The lowest BCUT2D eigenvalue weighted by Gasteiger charge is -2.09. The summed E-state index contributed by atoms with van der Waals surface area (Å²) >= 11 is 4.83. The summed E-state index contributed by atoms with van der Waals surface area (Å²) in [6.45, 7) is 1.94. The van der Waals surface area contributed by atoms with E-state index in [-0.39, 0.29) is 0 Å². The molecule has 0 saturated carbocycles. The summed E-state index contributed by atoms with van der Waals surface area (Å²) in [5.41, 5.74) is 0. The van der Waals surface area contributed by atoms with Gasteiger partial charge in [-0.15, -0.1) is 0 Å². The van der Waals surface area contributed by atoms with Gasteiger partial charge in [0.1, 0.15) is 5.78 Å². The van der Waals surface area contributed by atoms with Crippen molar-refractivity contribution in [1.29, 1.82) is 0 Å². The van der Waals surface area contributed by atoms with Crippen molar-refractivity contribution in [2.75, 3.05) is 13.3 Å². The molecule has 1 N–H and O–H groups in total. The molecule has 0 aliphatic rings. The minimum Gasteiger partial charge on any atom is -0.345 e. The smallest absolute Gasteiger partial charge is 0.183 e. The molecule has 1 unspecified atom stereocenters. The van der Waals surface area contributed by atoms with Crippen LogP contribution in [0.4, 0.5) is 0 Å². The number of Topliss-reactive ketones (excluding diaryl/α,β-unsaturated/α-hetero) is 1. The average Bonchev–Trinajstić information content (AvgIpc) is 2.66. The summed E-state index contributed by atoms with van der Waals surface area (Å²) in [5, 5.41) is 0. The number of hydrogen-bond donors (Lipinski definition) is 1. The minimum atomic E-state index is -2.48. The first-order chi connectivity index (χ1) is 14.0. The molecule has 0 aromatic rings. The zero-order valence-electron chi connectivity index (χ0n) is 19.5. The summed E-state index contributed by atoms with van der Waals surface area (Å²) in [6, 6.07) is 0. The molecule has 0 bridgehead atoms. The predicted molar refractivity (Wildman–Crippen MR) is 131 cm³/mol. The zero-order chi connectivity index (χ0) is 21.6. The van der Waals surface area contributed by atoms with Crippen molar-refractivity contribution < 1.29 is 14.2 Å². The fourth-order valence-corrected chi connectivity index (χ4v) is 4.34. The molecule has 0 fully saturated rings. The maximum atomic E-state index is 11.9. The first-order valence-electron chi connectivity index (χ1n) is 12.4. The first-order valence-corrected chi connectivity index (χ1v) is 15.5. The molecule has 0 saturated heterocycles. The predicted octanol–water partition coefficient (Wildman–Crippen LogP) is 8.33. The summed E-state index contributed by atoms with van der Waals surface area (Å²) in [4.78, 5) is 21.3. The van der Waals surface area contributed by atoms with E-state index < -0.39 is 6.49 Å². The highest BCUT2D eigenvalue weighted by molar-refractivity contribution is 8.09. The van der Waals surface area contributed by atoms with E-state index in [4.69, 9.17) is 16.3 Å². The third kappa shape index (κ3) is 26.2. The SMILES string of the molecule is CCCCCCCCCCCCCCCC(=O)CCCCCCCOP(C)(O)=S. The van der Waals surface area contributed by atoms with E-state index in [1.807, 2.05) is 0 Å². The van der Waals surface area contributed by atoms with Crippen LogP contribution in [0.5, 0.6) is 0 Å². The number of carbonyl (C=O) groups excluding carboxylic acids is 1. The Morgan fingerprint density at radius 3 is 1.41 bits per heavy atom. The van der Waals surface area contributed by atoms with Crippen molar-refractivity contribution in [2.45, 2.75) is 135 Å². The van der Waals surface area contributed by atoms with E-state index in [9.17, 15) is 9.69 Å². The van der Waals surface area contributed by atoms with Crippen LogP contribution in [0, 0.1) is 0 Å². The van der Waals surface area contributed by atoms with Gasteiger partial charge in [0, 0.05) is 19.5 Å². The van der Waals surface area contributed by atoms with Crippen molar-refractivity contribution in [3.63, 3.8) is 0 Å². The van der Waals surface area contributed by atoms with Crippen LogP contribution < -0.4 is 0 Å². The van der Waals surface area contributed by atoms with Crippen LogP contribution in [0.3, 0.4) is 0 Å². The molecule has 3 nitrogen and oxygen atoms in total. The molecule has 0 rings (SSSR count). The van der Waals surface area contributed by atoms with Crippen LogP contribution in [-0.2, 0) is 21.1 Å². The van der Waals surface area contributed by atoms with Crippen LogP contribution >= 0.6 is 6.49 Å². The molecule has 1 atom stereocenters. The van der Waals surface area contributed by atoms with Crippen molar-refractivity contribution >= 4 is 24.1 Å². The lowest BCUT2D eigenvalue weighted by Crippen LogP contribution is -1.98. The van der Waals surface area contributed by atoms with Crippen LogP contribution in [-0.4, -0.2) is 23.9 Å². The van der Waals surface area contributed by atoms with E-state index in [1.54, 1.807) is 6.66 Å². The molecule has 174 valence electrons. The molecule has 0 spiro atoms. The first kappa shape index (κ1) is 29.2. The highest BCUT2D eigenvalue weighted by Gasteiger charge is 2.04. The fraction of sp³-hybridized carbons (Fsp3) is 0.958. The molecule has 5 heteroatoms. The van der Waals surface area contributed by atoms with Crippen LogP contribution in [0.1, 0.15) is 135 Å². The quantitative estimate of drug-likeness (QED) is 0.126. The third-order valence-electron chi connectivity index (χ3n) is 5.49. The molecule has 0 radical (unpaired) electrons. The number of rotatable bonds is 23. The summed E-state index contributed by atoms with van der Waals surface area (Å²) in [5.74, 6) is 0.448. The number of ketones is 1. The van der Waals surface area contributed by atoms with Crippen molar-refractivity contribution in [3.8, 4) is 0 Å². The van der Waals surface area contributed by atoms with Crippen molar-refractivity contribution in [3.05, 3.63) is 0 Å². The fourth-order valence-electron chi connectivity index (χ4n) is 3.65. The Morgan fingerprint density at radius 2 is 1.03 bits per heavy atom. The summed E-state index contributed by atoms with van der Waals surface area (Å²) < 4.78 is 5.21. The number of unbranched alkanes of at least 4 members (excludes halogenated alkanes) is 16. The lowest BCUT2D eigenvalue weighted by molar-refractivity contribution is -0.119. The molecule has 0 amide bonds. The van der Waals surface area contributed by atoms with E-state index in [2.05, 4.69) is 6.92 Å². The molecule has 0 aromatic heterocycles. The van der Waals surface area contributed by atoms with Crippen LogP contribution in [0.15, 0.2) is 0 Å². The van der Waals surface area contributed by atoms with Crippen molar-refractivity contribution in [1.82, 2.24) is 0 Å². The van der Waals surface area contributed by atoms with Gasteiger partial charge in [0.25, 0.3) is 0 Å². The second-order valence-electron chi connectivity index (χ2n) is 8.69. The molecule has 29 heavy (non-hydrogen) atoms. The van der Waals surface area contributed by atoms with Gasteiger partial charge in [0.05, 0.1) is 6.61 Å². The van der Waals surface area contributed by atoms with Gasteiger partial charge < -0.3 is 9.42 Å². The monoisotopic (exact) mass is 448 g/mol. The Labute approximate surface area is 186 Å². The van der Waals surface area contributed by atoms with Crippen LogP contribution in [0.2, 0.25) is 0 Å². The molecule has 0 heterocycles. The van der Waals surface area contributed by atoms with Gasteiger partial charge >= 0.3 is 0 Å². The molecule has 0 aliphatic carbocycles. The van der Waals surface area contributed by atoms with Gasteiger partial charge in [0.15, 0.2) is 6.49 Å². The van der Waals surface area contributed by atoms with E-state index in [0.717, 1.165) is 51.4 Å².